The number of aromatic nitrogens is 2. The fraction of sp³-hybridized carbons (Fsp3) is 0.385. The number of sulfone groups is 1. The van der Waals surface area contributed by atoms with Gasteiger partial charge in [-0.05, 0) is 24.6 Å². The molecule has 6 nitrogen and oxygen atoms in total. The second kappa shape index (κ2) is 5.72. The minimum absolute atomic E-state index is 0.184. The number of hydrogen-bond donors (Lipinski definition) is 1. The lowest BCUT2D eigenvalue weighted by Gasteiger charge is -2.01. The third-order valence-corrected chi connectivity index (χ3v) is 3.92. The molecule has 2 aromatic rings. The fourth-order valence-electron chi connectivity index (χ4n) is 1.75. The summed E-state index contributed by atoms with van der Waals surface area (Å²) in [5, 5.41) is 13.5. The molecule has 1 aromatic heterocycles. The highest BCUT2D eigenvalue weighted by atomic mass is 32.2. The summed E-state index contributed by atoms with van der Waals surface area (Å²) in [5.74, 6) is 0.410. The Hall–Kier alpha value is -1.73. The minimum atomic E-state index is -3.29. The summed E-state index contributed by atoms with van der Waals surface area (Å²) in [6.45, 7) is 1.94. The molecule has 0 bridgehead atoms. The van der Waals surface area contributed by atoms with Gasteiger partial charge in [0.2, 0.25) is 5.82 Å². The molecule has 0 saturated carbocycles. The Morgan fingerprint density at radius 1 is 1.40 bits per heavy atom. The van der Waals surface area contributed by atoms with Crippen LogP contribution in [0.1, 0.15) is 31.7 Å². The summed E-state index contributed by atoms with van der Waals surface area (Å²) in [4.78, 5) is 4.28. The maximum Gasteiger partial charge on any atom is 0.258 e. The molecule has 0 aliphatic rings. The smallest absolute Gasteiger partial charge is 0.258 e. The second-order valence-electron chi connectivity index (χ2n) is 4.56. The SMILES string of the molecule is CCCC(O)c1noc(-c2cccc(S(C)(=O)=O)c2)n1. The van der Waals surface area contributed by atoms with Crippen LogP contribution in [0.3, 0.4) is 0 Å². The highest BCUT2D eigenvalue weighted by Crippen LogP contribution is 2.23. The van der Waals surface area contributed by atoms with E-state index in [1.54, 1.807) is 12.1 Å². The molecule has 2 rings (SSSR count). The Labute approximate surface area is 117 Å². The van der Waals surface area contributed by atoms with Crippen molar-refractivity contribution in [3.8, 4) is 11.5 Å². The lowest BCUT2D eigenvalue weighted by Crippen LogP contribution is -1.99. The average molecular weight is 296 g/mol. The first-order valence-electron chi connectivity index (χ1n) is 6.24. The molecule has 20 heavy (non-hydrogen) atoms. The predicted molar refractivity (Wildman–Crippen MR) is 72.7 cm³/mol. The van der Waals surface area contributed by atoms with Crippen LogP contribution in [-0.4, -0.2) is 29.9 Å². The topological polar surface area (TPSA) is 93.3 Å². The van der Waals surface area contributed by atoms with Crippen LogP contribution < -0.4 is 0 Å². The van der Waals surface area contributed by atoms with Gasteiger partial charge in [0.15, 0.2) is 9.84 Å². The van der Waals surface area contributed by atoms with Crippen LogP contribution in [-0.2, 0) is 9.84 Å². The fourth-order valence-corrected chi connectivity index (χ4v) is 2.42. The van der Waals surface area contributed by atoms with Crippen LogP contribution >= 0.6 is 0 Å². The third kappa shape index (κ3) is 3.23. The van der Waals surface area contributed by atoms with Gasteiger partial charge in [-0.3, -0.25) is 0 Å². The van der Waals surface area contributed by atoms with Gasteiger partial charge in [0.1, 0.15) is 6.10 Å². The van der Waals surface area contributed by atoms with Crippen LogP contribution in [0.5, 0.6) is 0 Å². The summed E-state index contributed by atoms with van der Waals surface area (Å²) in [7, 11) is -3.29. The average Bonchev–Trinajstić information content (AvgIpc) is 2.88. The zero-order valence-electron chi connectivity index (χ0n) is 11.3. The first kappa shape index (κ1) is 14.7. The lowest BCUT2D eigenvalue weighted by atomic mass is 10.2. The Kier molecular flexibility index (Phi) is 4.20. The first-order chi connectivity index (χ1) is 9.41. The van der Waals surface area contributed by atoms with Gasteiger partial charge in [-0.2, -0.15) is 4.98 Å². The van der Waals surface area contributed by atoms with Gasteiger partial charge >= 0.3 is 0 Å². The molecule has 7 heteroatoms. The Bertz CT molecular complexity index is 694. The molecule has 0 aliphatic carbocycles. The van der Waals surface area contributed by atoms with E-state index in [1.165, 1.54) is 12.1 Å². The molecule has 0 fully saturated rings. The van der Waals surface area contributed by atoms with Gasteiger partial charge in [-0.25, -0.2) is 8.42 Å². The molecule has 0 radical (unpaired) electrons. The number of benzene rings is 1. The van der Waals surface area contributed by atoms with Gasteiger partial charge in [0.05, 0.1) is 4.90 Å². The predicted octanol–water partition coefficient (Wildman–Crippen LogP) is 1.97. The van der Waals surface area contributed by atoms with E-state index in [0.717, 1.165) is 12.7 Å². The Morgan fingerprint density at radius 2 is 2.15 bits per heavy atom. The number of nitrogens with zero attached hydrogens (tertiary/aromatic N) is 2. The van der Waals surface area contributed by atoms with Gasteiger partial charge in [0, 0.05) is 11.8 Å². The summed E-state index contributed by atoms with van der Waals surface area (Å²) >= 11 is 0. The molecule has 1 heterocycles. The summed E-state index contributed by atoms with van der Waals surface area (Å²) in [5.41, 5.74) is 0.510. The quantitative estimate of drug-likeness (QED) is 0.906. The Morgan fingerprint density at radius 3 is 2.80 bits per heavy atom. The van der Waals surface area contributed by atoms with Crippen molar-refractivity contribution in [3.63, 3.8) is 0 Å². The number of aliphatic hydroxyl groups is 1. The van der Waals surface area contributed by atoms with Crippen molar-refractivity contribution < 1.29 is 18.0 Å². The molecular formula is C13H16N2O4S. The third-order valence-electron chi connectivity index (χ3n) is 2.81. The molecule has 0 saturated heterocycles. The van der Waals surface area contributed by atoms with Gasteiger partial charge in [-0.1, -0.05) is 24.6 Å². The monoisotopic (exact) mass is 296 g/mol. The lowest BCUT2D eigenvalue weighted by molar-refractivity contribution is 0.153. The summed E-state index contributed by atoms with van der Waals surface area (Å²) in [6, 6.07) is 6.26. The maximum atomic E-state index is 11.5. The van der Waals surface area contributed by atoms with E-state index in [4.69, 9.17) is 4.52 Å². The molecule has 108 valence electrons. The van der Waals surface area contributed by atoms with E-state index in [-0.39, 0.29) is 16.6 Å². The maximum absolute atomic E-state index is 11.5. The van der Waals surface area contributed by atoms with E-state index in [1.807, 2.05) is 6.92 Å². The van der Waals surface area contributed by atoms with Crippen LogP contribution in [0.15, 0.2) is 33.7 Å². The molecule has 1 N–H and O–H groups in total. The van der Waals surface area contributed by atoms with Gasteiger partial charge < -0.3 is 9.63 Å². The van der Waals surface area contributed by atoms with E-state index < -0.39 is 15.9 Å². The number of aliphatic hydroxyl groups excluding tert-OH is 1. The summed E-state index contributed by atoms with van der Waals surface area (Å²) < 4.78 is 28.1. The van der Waals surface area contributed by atoms with Crippen molar-refractivity contribution in [1.29, 1.82) is 0 Å². The van der Waals surface area contributed by atoms with E-state index >= 15 is 0 Å². The first-order valence-corrected chi connectivity index (χ1v) is 8.13. The molecule has 0 aliphatic heterocycles. The summed E-state index contributed by atoms with van der Waals surface area (Å²) in [6.07, 6.45) is 1.71. The standard InChI is InChI=1S/C13H16N2O4S/c1-3-5-11(16)12-14-13(19-15-12)9-6-4-7-10(8-9)20(2,17)18/h4,6-8,11,16H,3,5H2,1-2H3. The highest BCUT2D eigenvalue weighted by molar-refractivity contribution is 7.90. The highest BCUT2D eigenvalue weighted by Gasteiger charge is 2.17. The van der Waals surface area contributed by atoms with Crippen molar-refractivity contribution in [2.24, 2.45) is 0 Å². The number of rotatable bonds is 5. The molecule has 1 unspecified atom stereocenters. The van der Waals surface area contributed by atoms with E-state index in [0.29, 0.717) is 12.0 Å². The number of hydrogen-bond acceptors (Lipinski definition) is 6. The van der Waals surface area contributed by atoms with E-state index in [9.17, 15) is 13.5 Å². The van der Waals surface area contributed by atoms with E-state index in [2.05, 4.69) is 10.1 Å². The van der Waals surface area contributed by atoms with Gasteiger partial charge in [-0.15, -0.1) is 0 Å². The van der Waals surface area contributed by atoms with Crippen LogP contribution in [0, 0.1) is 0 Å². The zero-order valence-corrected chi connectivity index (χ0v) is 12.1. The van der Waals surface area contributed by atoms with Crippen LogP contribution in [0.4, 0.5) is 0 Å². The van der Waals surface area contributed by atoms with Crippen LogP contribution in [0.25, 0.3) is 11.5 Å². The largest absolute Gasteiger partial charge is 0.385 e. The van der Waals surface area contributed by atoms with Crippen molar-refractivity contribution >= 4 is 9.84 Å². The Balaban J connectivity index is 2.33. The second-order valence-corrected chi connectivity index (χ2v) is 6.58. The van der Waals surface area contributed by atoms with Crippen molar-refractivity contribution in [3.05, 3.63) is 30.1 Å². The zero-order chi connectivity index (χ0) is 14.8. The molecule has 1 aromatic carbocycles. The molecule has 1 atom stereocenters. The molecular weight excluding hydrogens is 280 g/mol. The van der Waals surface area contributed by atoms with Crippen molar-refractivity contribution in [2.45, 2.75) is 30.8 Å². The normalized spacial score (nSPS) is 13.3. The minimum Gasteiger partial charge on any atom is -0.385 e. The molecule has 0 spiro atoms. The van der Waals surface area contributed by atoms with Crippen LogP contribution in [0.2, 0.25) is 0 Å². The van der Waals surface area contributed by atoms with Gasteiger partial charge in [0.25, 0.3) is 5.89 Å². The molecule has 0 amide bonds. The van der Waals surface area contributed by atoms with Crippen molar-refractivity contribution in [2.75, 3.05) is 6.26 Å². The van der Waals surface area contributed by atoms with Crippen molar-refractivity contribution in [1.82, 2.24) is 10.1 Å².